The van der Waals surface area contributed by atoms with E-state index >= 15 is 0 Å². The number of benzene rings is 2. The van der Waals surface area contributed by atoms with Crippen LogP contribution in [0.2, 0.25) is 0 Å². The van der Waals surface area contributed by atoms with E-state index in [9.17, 15) is 9.59 Å². The lowest BCUT2D eigenvalue weighted by Gasteiger charge is -2.14. The standard InChI is InChI=1S/C25H25N5O3S/c1-16(31)17-6-4-7-18(12-17)27-23(32)15-34-25-29-28-24(30(25)14-19-8-5-11-33-19)21-13-26-22-10-3-2-9-20(21)22/h2-4,6-7,9-10,12-13,19,26H,5,8,11,14-15H2,1H3,(H,27,32). The lowest BCUT2D eigenvalue weighted by atomic mass is 10.1. The summed E-state index contributed by atoms with van der Waals surface area (Å²) in [6, 6.07) is 15.0. The van der Waals surface area contributed by atoms with Crippen molar-refractivity contribution in [2.24, 2.45) is 0 Å². The molecule has 3 heterocycles. The Morgan fingerprint density at radius 2 is 2.09 bits per heavy atom. The second kappa shape index (κ2) is 9.82. The molecule has 0 bridgehead atoms. The Hall–Kier alpha value is -3.43. The number of fused-ring (bicyclic) bond motifs is 1. The molecule has 5 rings (SSSR count). The largest absolute Gasteiger partial charge is 0.376 e. The van der Waals surface area contributed by atoms with Gasteiger partial charge in [0.15, 0.2) is 16.8 Å². The minimum absolute atomic E-state index is 0.0440. The van der Waals surface area contributed by atoms with E-state index in [0.717, 1.165) is 41.7 Å². The minimum atomic E-state index is -0.175. The second-order valence-corrected chi connectivity index (χ2v) is 9.22. The third-order valence-electron chi connectivity index (χ3n) is 5.84. The molecule has 1 aliphatic heterocycles. The zero-order chi connectivity index (χ0) is 23.5. The number of hydrogen-bond acceptors (Lipinski definition) is 6. The zero-order valence-electron chi connectivity index (χ0n) is 18.8. The normalized spacial score (nSPS) is 15.6. The summed E-state index contributed by atoms with van der Waals surface area (Å²) in [5.74, 6) is 0.704. The molecule has 2 aromatic heterocycles. The fraction of sp³-hybridized carbons (Fsp3) is 0.280. The maximum Gasteiger partial charge on any atom is 0.234 e. The number of ether oxygens (including phenoxy) is 1. The van der Waals surface area contributed by atoms with Gasteiger partial charge in [0, 0.05) is 40.5 Å². The first-order valence-corrected chi connectivity index (χ1v) is 12.2. The second-order valence-electron chi connectivity index (χ2n) is 8.27. The maximum atomic E-state index is 12.6. The van der Waals surface area contributed by atoms with Crippen LogP contribution in [0.1, 0.15) is 30.1 Å². The molecule has 1 unspecified atom stereocenters. The highest BCUT2D eigenvalue weighted by molar-refractivity contribution is 7.99. The average Bonchev–Trinajstić information content (AvgIpc) is 3.58. The number of carbonyl (C=O) groups excluding carboxylic acids is 2. The number of Topliss-reactive ketones (excluding diaryl/α,β-unsaturated/α-hetero) is 1. The summed E-state index contributed by atoms with van der Waals surface area (Å²) < 4.78 is 7.93. The van der Waals surface area contributed by atoms with Gasteiger partial charge in [-0.3, -0.25) is 14.2 Å². The molecule has 4 aromatic rings. The average molecular weight is 476 g/mol. The van der Waals surface area contributed by atoms with Gasteiger partial charge in [0.1, 0.15) is 0 Å². The number of aromatic nitrogens is 4. The molecule has 0 radical (unpaired) electrons. The molecular weight excluding hydrogens is 450 g/mol. The lowest BCUT2D eigenvalue weighted by molar-refractivity contribution is -0.113. The summed E-state index contributed by atoms with van der Waals surface area (Å²) in [4.78, 5) is 27.5. The number of hydrogen-bond donors (Lipinski definition) is 2. The van der Waals surface area contributed by atoms with Crippen LogP contribution in [0.25, 0.3) is 22.3 Å². The first kappa shape index (κ1) is 22.4. The molecule has 0 saturated carbocycles. The van der Waals surface area contributed by atoms with Gasteiger partial charge < -0.3 is 15.0 Å². The van der Waals surface area contributed by atoms with Gasteiger partial charge in [0.2, 0.25) is 5.91 Å². The van der Waals surface area contributed by atoms with E-state index in [4.69, 9.17) is 4.74 Å². The van der Waals surface area contributed by atoms with E-state index in [1.54, 1.807) is 24.3 Å². The summed E-state index contributed by atoms with van der Waals surface area (Å²) in [6.07, 6.45) is 4.08. The summed E-state index contributed by atoms with van der Waals surface area (Å²) in [7, 11) is 0. The first-order valence-electron chi connectivity index (χ1n) is 11.2. The molecule has 1 atom stereocenters. The molecule has 2 aromatic carbocycles. The summed E-state index contributed by atoms with van der Waals surface area (Å²) in [5.41, 5.74) is 3.16. The highest BCUT2D eigenvalue weighted by Crippen LogP contribution is 2.31. The quantitative estimate of drug-likeness (QED) is 0.287. The Bertz CT molecular complexity index is 1340. The fourth-order valence-electron chi connectivity index (χ4n) is 4.15. The molecule has 34 heavy (non-hydrogen) atoms. The van der Waals surface area contributed by atoms with Crippen molar-refractivity contribution < 1.29 is 14.3 Å². The van der Waals surface area contributed by atoms with Crippen LogP contribution in [0, 0.1) is 0 Å². The molecule has 1 fully saturated rings. The van der Waals surface area contributed by atoms with Crippen LogP contribution in [0.5, 0.6) is 0 Å². The van der Waals surface area contributed by atoms with Crippen LogP contribution >= 0.6 is 11.8 Å². The van der Waals surface area contributed by atoms with Gasteiger partial charge in [0.05, 0.1) is 18.4 Å². The summed E-state index contributed by atoms with van der Waals surface area (Å²) in [5, 5.41) is 13.5. The summed E-state index contributed by atoms with van der Waals surface area (Å²) >= 11 is 1.34. The number of rotatable bonds is 8. The number of carbonyl (C=O) groups is 2. The van der Waals surface area contributed by atoms with Crippen LogP contribution in [-0.4, -0.2) is 49.9 Å². The monoisotopic (exact) mass is 475 g/mol. The zero-order valence-corrected chi connectivity index (χ0v) is 19.6. The van der Waals surface area contributed by atoms with Crippen molar-refractivity contribution in [1.29, 1.82) is 0 Å². The van der Waals surface area contributed by atoms with Gasteiger partial charge >= 0.3 is 0 Å². The number of amides is 1. The van der Waals surface area contributed by atoms with Gasteiger partial charge in [-0.05, 0) is 38.0 Å². The molecule has 1 saturated heterocycles. The molecular formula is C25H25N5O3S. The van der Waals surface area contributed by atoms with Gasteiger partial charge in [-0.15, -0.1) is 10.2 Å². The number of thioether (sulfide) groups is 1. The molecule has 174 valence electrons. The Labute approximate surface area is 201 Å². The van der Waals surface area contributed by atoms with Crippen LogP contribution in [0.4, 0.5) is 5.69 Å². The van der Waals surface area contributed by atoms with Crippen LogP contribution in [0.3, 0.4) is 0 Å². The predicted octanol–water partition coefficient (Wildman–Crippen LogP) is 4.54. The molecule has 1 amide bonds. The van der Waals surface area contributed by atoms with Crippen LogP contribution < -0.4 is 5.32 Å². The minimum Gasteiger partial charge on any atom is -0.376 e. The van der Waals surface area contributed by atoms with Crippen molar-refractivity contribution in [3.05, 3.63) is 60.3 Å². The van der Waals surface area contributed by atoms with Crippen molar-refractivity contribution >= 4 is 40.0 Å². The first-order chi connectivity index (χ1) is 16.6. The van der Waals surface area contributed by atoms with Crippen LogP contribution in [0.15, 0.2) is 59.9 Å². The highest BCUT2D eigenvalue weighted by atomic mass is 32.2. The topological polar surface area (TPSA) is 102 Å². The van der Waals surface area contributed by atoms with E-state index in [1.807, 2.05) is 24.4 Å². The molecule has 9 heteroatoms. The maximum absolute atomic E-state index is 12.6. The van der Waals surface area contributed by atoms with E-state index in [1.165, 1.54) is 18.7 Å². The van der Waals surface area contributed by atoms with Crippen molar-refractivity contribution in [2.75, 3.05) is 17.7 Å². The van der Waals surface area contributed by atoms with Gasteiger partial charge in [-0.1, -0.05) is 42.1 Å². The SMILES string of the molecule is CC(=O)c1cccc(NC(=O)CSc2nnc(-c3c[nH]c4ccccc34)n2CC2CCCO2)c1. The number of nitrogens with zero attached hydrogens (tertiary/aromatic N) is 3. The molecule has 1 aliphatic rings. The Morgan fingerprint density at radius 3 is 2.91 bits per heavy atom. The third-order valence-corrected chi connectivity index (χ3v) is 6.81. The molecule has 8 nitrogen and oxygen atoms in total. The van der Waals surface area contributed by atoms with Crippen molar-refractivity contribution in [1.82, 2.24) is 19.7 Å². The molecule has 0 aliphatic carbocycles. The number of para-hydroxylation sites is 1. The van der Waals surface area contributed by atoms with E-state index < -0.39 is 0 Å². The van der Waals surface area contributed by atoms with Gasteiger partial charge in [-0.25, -0.2) is 0 Å². The Balaban J connectivity index is 1.36. The molecule has 0 spiro atoms. The Morgan fingerprint density at radius 1 is 1.21 bits per heavy atom. The number of nitrogens with one attached hydrogen (secondary N) is 2. The third kappa shape index (κ3) is 4.76. The highest BCUT2D eigenvalue weighted by Gasteiger charge is 2.23. The number of aromatic amines is 1. The van der Waals surface area contributed by atoms with E-state index in [2.05, 4.69) is 31.1 Å². The predicted molar refractivity (Wildman–Crippen MR) is 132 cm³/mol. The van der Waals surface area contributed by atoms with Crippen molar-refractivity contribution in [3.8, 4) is 11.4 Å². The van der Waals surface area contributed by atoms with Gasteiger partial charge in [0.25, 0.3) is 0 Å². The number of anilines is 1. The van der Waals surface area contributed by atoms with Crippen molar-refractivity contribution in [2.45, 2.75) is 37.6 Å². The fourth-order valence-corrected chi connectivity index (χ4v) is 4.90. The number of H-pyrrole nitrogens is 1. The lowest BCUT2D eigenvalue weighted by Crippen LogP contribution is -2.18. The number of ketones is 1. The van der Waals surface area contributed by atoms with Gasteiger partial charge in [-0.2, -0.15) is 0 Å². The van der Waals surface area contributed by atoms with Crippen molar-refractivity contribution in [3.63, 3.8) is 0 Å². The van der Waals surface area contributed by atoms with E-state index in [-0.39, 0.29) is 23.5 Å². The molecule has 2 N–H and O–H groups in total. The van der Waals surface area contributed by atoms with Crippen LogP contribution in [-0.2, 0) is 16.1 Å². The Kier molecular flexibility index (Phi) is 6.46. The smallest absolute Gasteiger partial charge is 0.234 e. The van der Waals surface area contributed by atoms with E-state index in [0.29, 0.717) is 23.0 Å². The summed E-state index contributed by atoms with van der Waals surface area (Å²) in [6.45, 7) is 2.90.